The van der Waals surface area contributed by atoms with E-state index >= 15 is 0 Å². The van der Waals surface area contributed by atoms with Gasteiger partial charge in [-0.15, -0.1) is 6.58 Å². The number of hydrogen-bond acceptors (Lipinski definition) is 4. The Kier molecular flexibility index (Phi) is 3.46. The van der Waals surface area contributed by atoms with Crippen LogP contribution in [0.15, 0.2) is 48.0 Å². The molecule has 4 heteroatoms. The van der Waals surface area contributed by atoms with Gasteiger partial charge in [-0.25, -0.2) is 9.79 Å². The minimum absolute atomic E-state index is 0.190. The van der Waals surface area contributed by atoms with Gasteiger partial charge in [0, 0.05) is 12.0 Å². The van der Waals surface area contributed by atoms with E-state index in [4.69, 9.17) is 9.47 Å². The molecule has 18 heavy (non-hydrogen) atoms. The first-order valence-electron chi connectivity index (χ1n) is 5.69. The Hall–Kier alpha value is -2.10. The molecule has 0 unspecified atom stereocenters. The summed E-state index contributed by atoms with van der Waals surface area (Å²) >= 11 is 0. The fourth-order valence-corrected chi connectivity index (χ4v) is 1.90. The smallest absolute Gasteiger partial charge is 0.337 e. The van der Waals surface area contributed by atoms with Gasteiger partial charge < -0.3 is 9.47 Å². The van der Waals surface area contributed by atoms with E-state index in [0.717, 1.165) is 5.56 Å². The van der Waals surface area contributed by atoms with E-state index in [1.807, 2.05) is 30.3 Å². The monoisotopic (exact) mass is 245 g/mol. The minimum atomic E-state index is -0.984. The van der Waals surface area contributed by atoms with Gasteiger partial charge in [0.1, 0.15) is 6.61 Å². The van der Waals surface area contributed by atoms with Crippen LogP contribution in [0.1, 0.15) is 12.0 Å². The summed E-state index contributed by atoms with van der Waals surface area (Å²) in [5, 5.41) is 0. The maximum Gasteiger partial charge on any atom is 0.337 e. The molecule has 1 atom stereocenters. The van der Waals surface area contributed by atoms with Crippen LogP contribution in [-0.4, -0.2) is 31.1 Å². The highest BCUT2D eigenvalue weighted by Crippen LogP contribution is 2.27. The van der Waals surface area contributed by atoms with Crippen molar-refractivity contribution in [3.63, 3.8) is 0 Å². The highest BCUT2D eigenvalue weighted by atomic mass is 16.5. The molecule has 1 aromatic rings. The molecular weight excluding hydrogens is 230 g/mol. The SMILES string of the molecule is C=CC[C@@]1(C(=O)OC)COC(c2ccccc2)=N1. The lowest BCUT2D eigenvalue weighted by molar-refractivity contribution is -0.147. The predicted molar refractivity (Wildman–Crippen MR) is 68.5 cm³/mol. The average molecular weight is 245 g/mol. The lowest BCUT2D eigenvalue weighted by Gasteiger charge is -2.18. The van der Waals surface area contributed by atoms with E-state index in [0.29, 0.717) is 12.3 Å². The molecule has 0 aliphatic carbocycles. The maximum atomic E-state index is 11.8. The second-order valence-corrected chi connectivity index (χ2v) is 4.09. The Labute approximate surface area is 106 Å². The molecule has 0 amide bonds. The molecule has 2 rings (SSSR count). The summed E-state index contributed by atoms with van der Waals surface area (Å²) in [6, 6.07) is 9.48. The molecule has 0 spiro atoms. The largest absolute Gasteiger partial charge is 0.474 e. The van der Waals surface area contributed by atoms with Crippen molar-refractivity contribution in [2.24, 2.45) is 4.99 Å². The summed E-state index contributed by atoms with van der Waals surface area (Å²) in [6.07, 6.45) is 2.05. The van der Waals surface area contributed by atoms with Gasteiger partial charge in [-0.1, -0.05) is 24.3 Å². The summed E-state index contributed by atoms with van der Waals surface area (Å²) in [6.45, 7) is 3.84. The Balaban J connectivity index is 2.34. The summed E-state index contributed by atoms with van der Waals surface area (Å²) in [5.41, 5.74) is -0.130. The van der Waals surface area contributed by atoms with Crippen LogP contribution in [0.3, 0.4) is 0 Å². The summed E-state index contributed by atoms with van der Waals surface area (Å²) < 4.78 is 10.3. The molecule has 0 radical (unpaired) electrons. The quantitative estimate of drug-likeness (QED) is 0.601. The van der Waals surface area contributed by atoms with Gasteiger partial charge in [-0.3, -0.25) is 0 Å². The van der Waals surface area contributed by atoms with Crippen LogP contribution in [0.4, 0.5) is 0 Å². The highest BCUT2D eigenvalue weighted by molar-refractivity contribution is 5.99. The van der Waals surface area contributed by atoms with Crippen LogP contribution in [0.5, 0.6) is 0 Å². The zero-order chi connectivity index (χ0) is 13.0. The Bertz CT molecular complexity index is 481. The number of carbonyl (C=O) groups excluding carboxylic acids is 1. The van der Waals surface area contributed by atoms with Gasteiger partial charge in [0.25, 0.3) is 0 Å². The van der Waals surface area contributed by atoms with Crippen LogP contribution in [0.25, 0.3) is 0 Å². The Morgan fingerprint density at radius 1 is 1.56 bits per heavy atom. The second kappa shape index (κ2) is 5.04. The predicted octanol–water partition coefficient (Wildman–Crippen LogP) is 1.95. The van der Waals surface area contributed by atoms with E-state index in [-0.39, 0.29) is 6.61 Å². The highest BCUT2D eigenvalue weighted by Gasteiger charge is 2.44. The van der Waals surface area contributed by atoms with Gasteiger partial charge in [0.15, 0.2) is 5.54 Å². The number of aliphatic imine (C=N–C) groups is 1. The standard InChI is InChI=1S/C14H15NO3/c1-3-9-14(13(16)17-2)10-18-12(15-14)11-7-5-4-6-8-11/h3-8H,1,9-10H2,2H3/t14-/m0/s1. The van der Waals surface area contributed by atoms with E-state index in [1.54, 1.807) is 6.08 Å². The summed E-state index contributed by atoms with van der Waals surface area (Å²) in [7, 11) is 1.35. The number of ether oxygens (including phenoxy) is 2. The fourth-order valence-electron chi connectivity index (χ4n) is 1.90. The van der Waals surface area contributed by atoms with Gasteiger partial charge in [0.05, 0.1) is 7.11 Å². The van der Waals surface area contributed by atoms with Crippen molar-refractivity contribution in [1.29, 1.82) is 0 Å². The molecule has 0 aromatic heterocycles. The van der Waals surface area contributed by atoms with Gasteiger partial charge in [-0.05, 0) is 12.1 Å². The topological polar surface area (TPSA) is 47.9 Å². The first kappa shape index (κ1) is 12.4. The van der Waals surface area contributed by atoms with E-state index in [1.165, 1.54) is 7.11 Å². The first-order valence-corrected chi connectivity index (χ1v) is 5.69. The van der Waals surface area contributed by atoms with E-state index in [2.05, 4.69) is 11.6 Å². The number of rotatable bonds is 4. The molecule has 4 nitrogen and oxygen atoms in total. The van der Waals surface area contributed by atoms with Crippen LogP contribution in [0.2, 0.25) is 0 Å². The molecule has 94 valence electrons. The van der Waals surface area contributed by atoms with Gasteiger partial charge in [0.2, 0.25) is 5.90 Å². The Morgan fingerprint density at radius 2 is 2.28 bits per heavy atom. The minimum Gasteiger partial charge on any atom is -0.474 e. The number of esters is 1. The van der Waals surface area contributed by atoms with Gasteiger partial charge in [-0.2, -0.15) is 0 Å². The molecule has 0 saturated heterocycles. The maximum absolute atomic E-state index is 11.8. The molecule has 0 saturated carbocycles. The van der Waals surface area contributed by atoms with E-state index < -0.39 is 11.5 Å². The molecule has 1 heterocycles. The number of methoxy groups -OCH3 is 1. The van der Waals surface area contributed by atoms with Crippen LogP contribution in [0, 0.1) is 0 Å². The van der Waals surface area contributed by atoms with Crippen molar-refractivity contribution in [1.82, 2.24) is 0 Å². The second-order valence-electron chi connectivity index (χ2n) is 4.09. The van der Waals surface area contributed by atoms with Crippen molar-refractivity contribution in [2.45, 2.75) is 12.0 Å². The first-order chi connectivity index (χ1) is 8.72. The average Bonchev–Trinajstić information content (AvgIpc) is 2.85. The molecule has 0 bridgehead atoms. The third-order valence-electron chi connectivity index (χ3n) is 2.83. The van der Waals surface area contributed by atoms with Gasteiger partial charge >= 0.3 is 5.97 Å². The number of benzene rings is 1. The number of nitrogens with zero attached hydrogens (tertiary/aromatic N) is 1. The van der Waals surface area contributed by atoms with Crippen molar-refractivity contribution in [2.75, 3.05) is 13.7 Å². The lowest BCUT2D eigenvalue weighted by atomic mass is 9.98. The third kappa shape index (κ3) is 2.14. The lowest BCUT2D eigenvalue weighted by Crippen LogP contribution is -2.38. The number of carbonyl (C=O) groups is 1. The summed E-state index contributed by atoms with van der Waals surface area (Å²) in [5.74, 6) is 0.0798. The van der Waals surface area contributed by atoms with Crippen molar-refractivity contribution in [3.8, 4) is 0 Å². The fraction of sp³-hybridized carbons (Fsp3) is 0.286. The normalized spacial score (nSPS) is 21.9. The van der Waals surface area contributed by atoms with Crippen LogP contribution in [-0.2, 0) is 14.3 Å². The summed E-state index contributed by atoms with van der Waals surface area (Å²) in [4.78, 5) is 16.2. The Morgan fingerprint density at radius 3 is 2.89 bits per heavy atom. The third-order valence-corrected chi connectivity index (χ3v) is 2.83. The molecule has 1 aliphatic rings. The van der Waals surface area contributed by atoms with Crippen molar-refractivity contribution in [3.05, 3.63) is 48.6 Å². The van der Waals surface area contributed by atoms with Crippen molar-refractivity contribution < 1.29 is 14.3 Å². The van der Waals surface area contributed by atoms with E-state index in [9.17, 15) is 4.79 Å². The zero-order valence-corrected chi connectivity index (χ0v) is 10.3. The van der Waals surface area contributed by atoms with Crippen molar-refractivity contribution >= 4 is 11.9 Å². The molecule has 1 aromatic carbocycles. The molecule has 1 aliphatic heterocycles. The van der Waals surface area contributed by atoms with Crippen LogP contribution < -0.4 is 0 Å². The van der Waals surface area contributed by atoms with Crippen LogP contribution >= 0.6 is 0 Å². The number of hydrogen-bond donors (Lipinski definition) is 0. The molecular formula is C14H15NO3. The molecule has 0 fully saturated rings. The molecule has 0 N–H and O–H groups in total. The zero-order valence-electron chi connectivity index (χ0n) is 10.3.